The first kappa shape index (κ1) is 30.9. The summed E-state index contributed by atoms with van der Waals surface area (Å²) in [6.07, 6.45) is 4.00. The van der Waals surface area contributed by atoms with Gasteiger partial charge in [0.15, 0.2) is 0 Å². The van der Waals surface area contributed by atoms with Gasteiger partial charge >= 0.3 is 21.1 Å². The molecule has 222 valence electrons. The topological polar surface area (TPSA) is 53.9 Å². The Morgan fingerprint density at radius 3 is 1.72 bits per heavy atom. The van der Waals surface area contributed by atoms with E-state index in [9.17, 15) is 5.26 Å². The third-order valence-corrected chi connectivity index (χ3v) is 8.75. The van der Waals surface area contributed by atoms with Gasteiger partial charge in [0.05, 0.1) is 18.1 Å². The SMILES string of the molecule is [C-]#[N+]c1cc[c-]c(-c2nc(C3(c4ccc(-c5ccccc5)c(-c5[c-]ccc(C#N)c5)n4)CCCC3)ccc2-c2ccccc2)c1.[Pt+2]. The third kappa shape index (κ3) is 5.81. The van der Waals surface area contributed by atoms with Crippen molar-refractivity contribution in [2.45, 2.75) is 31.1 Å². The van der Waals surface area contributed by atoms with Crippen LogP contribution in [-0.4, -0.2) is 9.97 Å². The number of hydrogen-bond acceptors (Lipinski definition) is 3. The molecule has 1 aliphatic carbocycles. The first-order valence-electron chi connectivity index (χ1n) is 15.1. The van der Waals surface area contributed by atoms with E-state index >= 15 is 0 Å². The maximum Gasteiger partial charge on any atom is 2.00 e. The van der Waals surface area contributed by atoms with Gasteiger partial charge in [-0.1, -0.05) is 85.6 Å². The molecule has 0 unspecified atom stereocenters. The molecule has 0 amide bonds. The normalized spacial score (nSPS) is 13.3. The Balaban J connectivity index is 0.00000372. The summed E-state index contributed by atoms with van der Waals surface area (Å²) in [4.78, 5) is 14.5. The van der Waals surface area contributed by atoms with Gasteiger partial charge in [-0.15, -0.1) is 53.6 Å². The molecular weight excluding hydrogens is 744 g/mol. The Morgan fingerprint density at radius 2 is 1.20 bits per heavy atom. The Bertz CT molecular complexity index is 1940. The molecule has 0 spiro atoms. The molecule has 4 nitrogen and oxygen atoms in total. The van der Waals surface area contributed by atoms with Gasteiger partial charge in [-0.2, -0.15) is 11.3 Å². The second-order valence-electron chi connectivity index (χ2n) is 11.4. The smallest absolute Gasteiger partial charge is 0.300 e. The van der Waals surface area contributed by atoms with E-state index in [1.165, 1.54) is 0 Å². The molecule has 1 aliphatic rings. The molecule has 1 saturated carbocycles. The largest absolute Gasteiger partial charge is 2.00 e. The van der Waals surface area contributed by atoms with E-state index in [2.05, 4.69) is 71.6 Å². The number of benzene rings is 4. The summed E-state index contributed by atoms with van der Waals surface area (Å²) >= 11 is 0. The Hall–Kier alpha value is -5.15. The predicted molar refractivity (Wildman–Crippen MR) is 178 cm³/mol. The summed E-state index contributed by atoms with van der Waals surface area (Å²) in [5, 5.41) is 9.66. The fourth-order valence-corrected chi connectivity index (χ4v) is 6.52. The summed E-state index contributed by atoms with van der Waals surface area (Å²) in [5.74, 6) is 0. The zero-order chi connectivity index (χ0) is 30.6. The van der Waals surface area contributed by atoms with Crippen molar-refractivity contribution in [3.05, 3.63) is 162 Å². The minimum atomic E-state index is -0.391. The van der Waals surface area contributed by atoms with Gasteiger partial charge < -0.3 is 0 Å². The first-order chi connectivity index (χ1) is 22.2. The molecule has 0 atom stereocenters. The van der Waals surface area contributed by atoms with Crippen LogP contribution in [0.3, 0.4) is 0 Å². The van der Waals surface area contributed by atoms with Crippen molar-refractivity contribution < 1.29 is 21.1 Å². The second kappa shape index (κ2) is 13.5. The zero-order valence-corrected chi connectivity index (χ0v) is 27.3. The Labute approximate surface area is 284 Å². The summed E-state index contributed by atoms with van der Waals surface area (Å²) in [6.45, 7) is 7.60. The van der Waals surface area contributed by atoms with Crippen molar-refractivity contribution in [1.29, 1.82) is 5.26 Å². The van der Waals surface area contributed by atoms with Crippen LogP contribution in [0.4, 0.5) is 5.69 Å². The van der Waals surface area contributed by atoms with Crippen LogP contribution in [-0.2, 0) is 26.5 Å². The van der Waals surface area contributed by atoms with Gasteiger partial charge in [-0.3, -0.25) is 14.8 Å². The van der Waals surface area contributed by atoms with Gasteiger partial charge in [0.1, 0.15) is 5.69 Å². The number of pyridine rings is 2. The van der Waals surface area contributed by atoms with E-state index < -0.39 is 5.41 Å². The molecule has 1 fully saturated rings. The van der Waals surface area contributed by atoms with Gasteiger partial charge in [0.25, 0.3) is 0 Å². The second-order valence-corrected chi connectivity index (χ2v) is 11.4. The van der Waals surface area contributed by atoms with E-state index in [4.69, 9.17) is 16.5 Å². The van der Waals surface area contributed by atoms with Crippen molar-refractivity contribution in [2.24, 2.45) is 0 Å². The number of hydrogen-bond donors (Lipinski definition) is 0. The van der Waals surface area contributed by atoms with Crippen LogP contribution in [0.1, 0.15) is 42.6 Å². The molecule has 0 bridgehead atoms. The molecular formula is C41H28N4Pt. The van der Waals surface area contributed by atoms with E-state index in [1.54, 1.807) is 24.3 Å². The standard InChI is InChI=1S/C41H28N4.Pt/c1-43-34-19-11-18-33(27-34)40-36(31-15-6-3-7-16-31)21-23-38(45-40)41(24-8-9-25-41)37-22-20-35(30-13-4-2-5-14-30)39(44-37)32-17-10-12-29(26-32)28-42;/h2-7,10-16,19-23,26-27H,8-9,24-25H2;/q-2;+2. The van der Waals surface area contributed by atoms with E-state index in [0.717, 1.165) is 81.8 Å². The molecule has 4 aromatic carbocycles. The third-order valence-electron chi connectivity index (χ3n) is 8.75. The van der Waals surface area contributed by atoms with Crippen molar-refractivity contribution in [3.8, 4) is 50.8 Å². The number of nitriles is 1. The van der Waals surface area contributed by atoms with Crippen LogP contribution >= 0.6 is 0 Å². The Morgan fingerprint density at radius 1 is 0.674 bits per heavy atom. The van der Waals surface area contributed by atoms with Crippen LogP contribution < -0.4 is 0 Å². The quantitative estimate of drug-likeness (QED) is 0.159. The summed E-state index contributed by atoms with van der Waals surface area (Å²) < 4.78 is 0. The van der Waals surface area contributed by atoms with Gasteiger partial charge in [-0.05, 0) is 64.2 Å². The Kier molecular flexibility index (Phi) is 9.03. The van der Waals surface area contributed by atoms with E-state index in [0.29, 0.717) is 11.3 Å². The first-order valence-corrected chi connectivity index (χ1v) is 15.1. The number of nitrogens with zero attached hydrogens (tertiary/aromatic N) is 4. The minimum absolute atomic E-state index is 0. The van der Waals surface area contributed by atoms with Gasteiger partial charge in [0, 0.05) is 11.4 Å². The molecule has 46 heavy (non-hydrogen) atoms. The van der Waals surface area contributed by atoms with Crippen LogP contribution in [0.5, 0.6) is 0 Å². The fourth-order valence-electron chi connectivity index (χ4n) is 6.52. The minimum Gasteiger partial charge on any atom is -0.300 e. The molecule has 7 rings (SSSR count). The van der Waals surface area contributed by atoms with Crippen molar-refractivity contribution in [2.75, 3.05) is 0 Å². The monoisotopic (exact) mass is 771 g/mol. The number of rotatable bonds is 6. The molecule has 0 N–H and O–H groups in total. The van der Waals surface area contributed by atoms with Crippen LogP contribution in [0, 0.1) is 30.0 Å². The van der Waals surface area contributed by atoms with Crippen LogP contribution in [0.15, 0.2) is 121 Å². The molecule has 5 heteroatoms. The summed E-state index contributed by atoms with van der Waals surface area (Å²) in [7, 11) is 0. The van der Waals surface area contributed by atoms with Crippen LogP contribution in [0.25, 0.3) is 49.6 Å². The van der Waals surface area contributed by atoms with E-state index in [1.807, 2.05) is 48.5 Å². The van der Waals surface area contributed by atoms with Crippen LogP contribution in [0.2, 0.25) is 0 Å². The van der Waals surface area contributed by atoms with Crippen molar-refractivity contribution in [1.82, 2.24) is 9.97 Å². The van der Waals surface area contributed by atoms with Gasteiger partial charge in [0.2, 0.25) is 0 Å². The number of aromatic nitrogens is 2. The maximum atomic E-state index is 9.66. The van der Waals surface area contributed by atoms with Gasteiger partial charge in [-0.25, -0.2) is 0 Å². The van der Waals surface area contributed by atoms with Crippen molar-refractivity contribution >= 4 is 5.69 Å². The molecule has 0 aliphatic heterocycles. The molecule has 6 aromatic rings. The maximum absolute atomic E-state index is 9.66. The van der Waals surface area contributed by atoms with E-state index in [-0.39, 0.29) is 21.1 Å². The molecule has 2 heterocycles. The molecule has 2 aromatic heterocycles. The average molecular weight is 772 g/mol. The average Bonchev–Trinajstić information content (AvgIpc) is 3.63. The summed E-state index contributed by atoms with van der Waals surface area (Å²) in [5.41, 5.74) is 10.0. The fraction of sp³-hybridized carbons (Fsp3) is 0.122. The predicted octanol–water partition coefficient (Wildman–Crippen LogP) is 10.0. The zero-order valence-electron chi connectivity index (χ0n) is 25.0. The molecule has 0 saturated heterocycles. The summed E-state index contributed by atoms with van der Waals surface area (Å²) in [6, 6.07) is 49.0. The molecule has 0 radical (unpaired) electrons. The van der Waals surface area contributed by atoms with Crippen molar-refractivity contribution in [3.63, 3.8) is 0 Å².